The van der Waals surface area contributed by atoms with Gasteiger partial charge in [0, 0.05) is 17.8 Å². The molecule has 1 saturated carbocycles. The molecule has 3 heteroatoms. The van der Waals surface area contributed by atoms with E-state index in [1.807, 2.05) is 12.1 Å². The highest BCUT2D eigenvalue weighted by atomic mass is 16.5. The fraction of sp³-hybridized carbons (Fsp3) is 0.643. The second kappa shape index (κ2) is 6.01. The molecule has 0 amide bonds. The third-order valence-electron chi connectivity index (χ3n) is 3.75. The fourth-order valence-electron chi connectivity index (χ4n) is 2.73. The van der Waals surface area contributed by atoms with Crippen LogP contribution in [0.15, 0.2) is 18.3 Å². The number of nitrogens with two attached hydrogens (primary N) is 1. The zero-order valence-corrected chi connectivity index (χ0v) is 10.6. The van der Waals surface area contributed by atoms with Crippen molar-refractivity contribution >= 4 is 0 Å². The lowest BCUT2D eigenvalue weighted by Crippen LogP contribution is -2.13. The van der Waals surface area contributed by atoms with Crippen LogP contribution in [0.25, 0.3) is 0 Å². The van der Waals surface area contributed by atoms with Gasteiger partial charge in [-0.2, -0.15) is 0 Å². The van der Waals surface area contributed by atoms with Gasteiger partial charge in [-0.1, -0.05) is 31.7 Å². The maximum atomic E-state index is 6.23. The first kappa shape index (κ1) is 12.4. The highest BCUT2D eigenvalue weighted by Gasteiger charge is 2.18. The van der Waals surface area contributed by atoms with E-state index in [9.17, 15) is 0 Å². The lowest BCUT2D eigenvalue weighted by Gasteiger charge is -2.16. The summed E-state index contributed by atoms with van der Waals surface area (Å²) in [6.07, 6.45) is 9.58. The summed E-state index contributed by atoms with van der Waals surface area (Å²) in [4.78, 5) is 4.20. The van der Waals surface area contributed by atoms with Gasteiger partial charge in [0.1, 0.15) is 0 Å². The molecular formula is C14H22N2O. The van der Waals surface area contributed by atoms with Crippen LogP contribution >= 0.6 is 0 Å². The van der Waals surface area contributed by atoms with E-state index in [4.69, 9.17) is 10.5 Å². The van der Waals surface area contributed by atoms with E-state index in [-0.39, 0.29) is 6.04 Å². The Morgan fingerprint density at radius 2 is 2.24 bits per heavy atom. The highest BCUT2D eigenvalue weighted by Crippen LogP contribution is 2.32. The quantitative estimate of drug-likeness (QED) is 0.851. The molecule has 2 rings (SSSR count). The zero-order valence-electron chi connectivity index (χ0n) is 10.6. The third kappa shape index (κ3) is 3.19. The van der Waals surface area contributed by atoms with Crippen molar-refractivity contribution < 1.29 is 4.74 Å². The molecule has 1 aliphatic carbocycles. The van der Waals surface area contributed by atoms with Gasteiger partial charge in [-0.3, -0.25) is 0 Å². The van der Waals surface area contributed by atoms with Crippen molar-refractivity contribution in [2.75, 3.05) is 7.11 Å². The van der Waals surface area contributed by atoms with Crippen LogP contribution < -0.4 is 10.5 Å². The number of aromatic nitrogens is 1. The summed E-state index contributed by atoms with van der Waals surface area (Å²) in [5, 5.41) is 0. The molecule has 2 N–H and O–H groups in total. The Morgan fingerprint density at radius 1 is 1.47 bits per heavy atom. The van der Waals surface area contributed by atoms with Crippen molar-refractivity contribution in [2.45, 2.75) is 44.6 Å². The molecule has 1 heterocycles. The average Bonchev–Trinajstić information content (AvgIpc) is 2.89. The molecule has 0 saturated heterocycles. The van der Waals surface area contributed by atoms with Crippen LogP contribution in [0.1, 0.15) is 50.1 Å². The standard InChI is InChI=1S/C14H22N2O/c1-17-14-12(7-4-10-16-14)13(15)9-8-11-5-2-3-6-11/h4,7,10-11,13H,2-3,5-6,8-9,15H2,1H3. The monoisotopic (exact) mass is 234 g/mol. The van der Waals surface area contributed by atoms with Gasteiger partial charge in [0.05, 0.1) is 7.11 Å². The second-order valence-corrected chi connectivity index (χ2v) is 4.94. The predicted molar refractivity (Wildman–Crippen MR) is 68.9 cm³/mol. The largest absolute Gasteiger partial charge is 0.481 e. The molecule has 0 aliphatic heterocycles. The summed E-state index contributed by atoms with van der Waals surface area (Å²) >= 11 is 0. The fourth-order valence-corrected chi connectivity index (χ4v) is 2.73. The molecule has 1 unspecified atom stereocenters. The number of ether oxygens (including phenoxy) is 1. The molecule has 1 aliphatic rings. The predicted octanol–water partition coefficient (Wildman–Crippen LogP) is 3.06. The Morgan fingerprint density at radius 3 is 2.94 bits per heavy atom. The average molecular weight is 234 g/mol. The smallest absolute Gasteiger partial charge is 0.217 e. The number of nitrogens with zero attached hydrogens (tertiary/aromatic N) is 1. The summed E-state index contributed by atoms with van der Waals surface area (Å²) in [7, 11) is 1.65. The summed E-state index contributed by atoms with van der Waals surface area (Å²) in [6, 6.07) is 4.00. The lowest BCUT2D eigenvalue weighted by atomic mass is 9.96. The number of methoxy groups -OCH3 is 1. The third-order valence-corrected chi connectivity index (χ3v) is 3.75. The first-order valence-electron chi connectivity index (χ1n) is 6.55. The number of rotatable bonds is 5. The van der Waals surface area contributed by atoms with Gasteiger partial charge in [-0.05, 0) is 24.8 Å². The van der Waals surface area contributed by atoms with E-state index in [0.717, 1.165) is 17.9 Å². The van der Waals surface area contributed by atoms with E-state index < -0.39 is 0 Å². The first-order valence-corrected chi connectivity index (χ1v) is 6.55. The Bertz CT molecular complexity index is 348. The molecule has 17 heavy (non-hydrogen) atoms. The van der Waals surface area contributed by atoms with Crippen LogP contribution in [0.3, 0.4) is 0 Å². The zero-order chi connectivity index (χ0) is 12.1. The minimum Gasteiger partial charge on any atom is -0.481 e. The Labute approximate surface area is 103 Å². The summed E-state index contributed by atoms with van der Waals surface area (Å²) < 4.78 is 5.25. The maximum absolute atomic E-state index is 6.23. The van der Waals surface area contributed by atoms with Crippen LogP contribution in [0.2, 0.25) is 0 Å². The van der Waals surface area contributed by atoms with Gasteiger partial charge in [-0.15, -0.1) is 0 Å². The Hall–Kier alpha value is -1.09. The summed E-state index contributed by atoms with van der Waals surface area (Å²) in [5.41, 5.74) is 7.26. The molecule has 0 aromatic carbocycles. The Balaban J connectivity index is 1.91. The number of hydrogen-bond donors (Lipinski definition) is 1. The summed E-state index contributed by atoms with van der Waals surface area (Å²) in [6.45, 7) is 0. The van der Waals surface area contributed by atoms with Gasteiger partial charge in [0.25, 0.3) is 0 Å². The van der Waals surface area contributed by atoms with E-state index in [1.165, 1.54) is 32.1 Å². The molecule has 3 nitrogen and oxygen atoms in total. The van der Waals surface area contributed by atoms with E-state index in [2.05, 4.69) is 4.98 Å². The molecule has 94 valence electrons. The normalized spacial score (nSPS) is 18.2. The molecular weight excluding hydrogens is 212 g/mol. The minimum absolute atomic E-state index is 0.0549. The van der Waals surface area contributed by atoms with Gasteiger partial charge in [0.2, 0.25) is 5.88 Å². The van der Waals surface area contributed by atoms with Gasteiger partial charge in [0.15, 0.2) is 0 Å². The molecule has 1 fully saturated rings. The van der Waals surface area contributed by atoms with Crippen molar-refractivity contribution in [3.63, 3.8) is 0 Å². The van der Waals surface area contributed by atoms with E-state index in [0.29, 0.717) is 5.88 Å². The lowest BCUT2D eigenvalue weighted by molar-refractivity contribution is 0.382. The van der Waals surface area contributed by atoms with Crippen molar-refractivity contribution in [1.29, 1.82) is 0 Å². The molecule has 0 bridgehead atoms. The highest BCUT2D eigenvalue weighted by molar-refractivity contribution is 5.28. The van der Waals surface area contributed by atoms with Crippen LogP contribution in [0.4, 0.5) is 0 Å². The first-order chi connectivity index (χ1) is 8.31. The van der Waals surface area contributed by atoms with Gasteiger partial charge < -0.3 is 10.5 Å². The van der Waals surface area contributed by atoms with Crippen LogP contribution in [0, 0.1) is 5.92 Å². The van der Waals surface area contributed by atoms with Crippen molar-refractivity contribution in [3.05, 3.63) is 23.9 Å². The number of pyridine rings is 1. The van der Waals surface area contributed by atoms with Gasteiger partial charge in [-0.25, -0.2) is 4.98 Å². The topological polar surface area (TPSA) is 48.1 Å². The number of hydrogen-bond acceptors (Lipinski definition) is 3. The van der Waals surface area contributed by atoms with E-state index >= 15 is 0 Å². The molecule has 1 aromatic rings. The molecule has 0 spiro atoms. The van der Waals surface area contributed by atoms with Crippen molar-refractivity contribution in [3.8, 4) is 5.88 Å². The molecule has 0 radical (unpaired) electrons. The summed E-state index contributed by atoms with van der Waals surface area (Å²) in [5.74, 6) is 1.56. The van der Waals surface area contributed by atoms with Crippen LogP contribution in [-0.4, -0.2) is 12.1 Å². The Kier molecular flexibility index (Phi) is 4.37. The van der Waals surface area contributed by atoms with Crippen LogP contribution in [-0.2, 0) is 0 Å². The maximum Gasteiger partial charge on any atom is 0.217 e. The van der Waals surface area contributed by atoms with Crippen LogP contribution in [0.5, 0.6) is 5.88 Å². The van der Waals surface area contributed by atoms with Crippen molar-refractivity contribution in [2.24, 2.45) is 11.7 Å². The SMILES string of the molecule is COc1ncccc1C(N)CCC1CCCC1. The minimum atomic E-state index is 0.0549. The second-order valence-electron chi connectivity index (χ2n) is 4.94. The van der Waals surface area contributed by atoms with Gasteiger partial charge >= 0.3 is 0 Å². The molecule has 1 atom stereocenters. The molecule has 1 aromatic heterocycles. The van der Waals surface area contributed by atoms with Crippen molar-refractivity contribution in [1.82, 2.24) is 4.98 Å². The van der Waals surface area contributed by atoms with E-state index in [1.54, 1.807) is 13.3 Å².